The number of benzene rings is 1. The molecule has 2 rings (SSSR count). The zero-order valence-corrected chi connectivity index (χ0v) is 10.0. The molecular formula is C12H12N2O4. The van der Waals surface area contributed by atoms with Crippen LogP contribution in [0.15, 0.2) is 29.4 Å². The van der Waals surface area contributed by atoms with E-state index in [2.05, 4.69) is 9.99 Å². The van der Waals surface area contributed by atoms with Gasteiger partial charge in [-0.2, -0.15) is 0 Å². The number of amides is 2. The molecule has 0 spiro atoms. The zero-order valence-electron chi connectivity index (χ0n) is 10.0. The van der Waals surface area contributed by atoms with Crippen LogP contribution in [0.1, 0.15) is 27.6 Å². The van der Waals surface area contributed by atoms with Crippen LogP contribution in [0.25, 0.3) is 0 Å². The first-order valence-electron chi connectivity index (χ1n) is 5.32. The second kappa shape index (κ2) is 4.97. The van der Waals surface area contributed by atoms with Gasteiger partial charge in [-0.1, -0.05) is 17.3 Å². The topological polar surface area (TPSA) is 68.2 Å². The van der Waals surface area contributed by atoms with E-state index in [-0.39, 0.29) is 6.61 Å². The summed E-state index contributed by atoms with van der Waals surface area (Å²) in [5.74, 6) is -0.915. The third-order valence-electron chi connectivity index (χ3n) is 2.41. The molecule has 1 aromatic rings. The second-order valence-electron chi connectivity index (χ2n) is 3.73. The predicted molar refractivity (Wildman–Crippen MR) is 63.0 cm³/mol. The molecule has 6 heteroatoms. The van der Waals surface area contributed by atoms with Gasteiger partial charge in [0.2, 0.25) is 0 Å². The Hall–Kier alpha value is -2.21. The van der Waals surface area contributed by atoms with E-state index in [1.807, 2.05) is 0 Å². The number of fused-ring (bicyclic) bond motifs is 1. The van der Waals surface area contributed by atoms with Crippen molar-refractivity contribution in [3.05, 3.63) is 35.4 Å². The zero-order chi connectivity index (χ0) is 13.1. The van der Waals surface area contributed by atoms with Gasteiger partial charge in [-0.15, -0.1) is 5.06 Å². The van der Waals surface area contributed by atoms with Crippen molar-refractivity contribution in [2.45, 2.75) is 6.92 Å². The molecule has 0 bridgehead atoms. The molecule has 0 saturated heterocycles. The Morgan fingerprint density at radius 3 is 2.28 bits per heavy atom. The standard InChI is InChI=1S/C12H12N2O4/c1-8(13-17-2)7-18-14-11(15)9-5-3-4-6-10(9)12(14)16/h3-6H,7H2,1-2H3/b13-8+. The van der Waals surface area contributed by atoms with Crippen molar-refractivity contribution in [1.82, 2.24) is 5.06 Å². The molecule has 1 aliphatic rings. The van der Waals surface area contributed by atoms with Crippen LogP contribution in [0, 0.1) is 0 Å². The number of oxime groups is 1. The minimum Gasteiger partial charge on any atom is -0.399 e. The lowest BCUT2D eigenvalue weighted by atomic mass is 10.1. The molecule has 94 valence electrons. The molecule has 18 heavy (non-hydrogen) atoms. The van der Waals surface area contributed by atoms with Crippen LogP contribution >= 0.6 is 0 Å². The van der Waals surface area contributed by atoms with E-state index < -0.39 is 11.8 Å². The summed E-state index contributed by atoms with van der Waals surface area (Å²) in [5, 5.41) is 4.38. The van der Waals surface area contributed by atoms with Crippen LogP contribution in [0.5, 0.6) is 0 Å². The fraction of sp³-hybridized carbons (Fsp3) is 0.250. The first-order chi connectivity index (χ1) is 8.65. The maximum absolute atomic E-state index is 11.9. The molecule has 1 aromatic carbocycles. The molecule has 6 nitrogen and oxygen atoms in total. The van der Waals surface area contributed by atoms with Crippen molar-refractivity contribution >= 4 is 17.5 Å². The largest absolute Gasteiger partial charge is 0.399 e. The highest BCUT2D eigenvalue weighted by Crippen LogP contribution is 2.22. The van der Waals surface area contributed by atoms with Crippen LogP contribution in [-0.4, -0.2) is 36.3 Å². The molecule has 2 amide bonds. The van der Waals surface area contributed by atoms with E-state index in [0.29, 0.717) is 16.8 Å². The fourth-order valence-electron chi connectivity index (χ4n) is 1.62. The second-order valence-corrected chi connectivity index (χ2v) is 3.73. The highest BCUT2D eigenvalue weighted by atomic mass is 16.7. The summed E-state index contributed by atoms with van der Waals surface area (Å²) in [7, 11) is 1.41. The molecule has 0 fully saturated rings. The Labute approximate surface area is 104 Å². The van der Waals surface area contributed by atoms with Gasteiger partial charge in [0.25, 0.3) is 11.8 Å². The Balaban J connectivity index is 2.12. The number of rotatable bonds is 4. The quantitative estimate of drug-likeness (QED) is 0.456. The molecule has 0 unspecified atom stereocenters. The predicted octanol–water partition coefficient (Wildman–Crippen LogP) is 1.24. The molecule has 1 heterocycles. The van der Waals surface area contributed by atoms with Crippen LogP contribution in [0.2, 0.25) is 0 Å². The summed E-state index contributed by atoms with van der Waals surface area (Å²) in [6, 6.07) is 6.58. The van der Waals surface area contributed by atoms with Gasteiger partial charge < -0.3 is 4.84 Å². The number of hydrogen-bond donors (Lipinski definition) is 0. The van der Waals surface area contributed by atoms with Gasteiger partial charge in [0.1, 0.15) is 13.7 Å². The lowest BCUT2D eigenvalue weighted by molar-refractivity contribution is -0.0766. The Kier molecular flexibility index (Phi) is 3.38. The van der Waals surface area contributed by atoms with Crippen molar-refractivity contribution in [3.63, 3.8) is 0 Å². The Morgan fingerprint density at radius 1 is 1.22 bits per heavy atom. The van der Waals surface area contributed by atoms with E-state index in [1.165, 1.54) is 7.11 Å². The number of carbonyl (C=O) groups excluding carboxylic acids is 2. The minimum atomic E-state index is -0.458. The van der Waals surface area contributed by atoms with Crippen molar-refractivity contribution < 1.29 is 19.3 Å². The monoisotopic (exact) mass is 248 g/mol. The third-order valence-corrected chi connectivity index (χ3v) is 2.41. The number of hydroxylamine groups is 2. The van der Waals surface area contributed by atoms with Crippen molar-refractivity contribution in [2.75, 3.05) is 13.7 Å². The minimum absolute atomic E-state index is 0.0132. The maximum Gasteiger partial charge on any atom is 0.285 e. The maximum atomic E-state index is 11.9. The van der Waals surface area contributed by atoms with Crippen molar-refractivity contribution in [1.29, 1.82) is 0 Å². The summed E-state index contributed by atoms with van der Waals surface area (Å²) in [5.41, 5.74) is 1.22. The lowest BCUT2D eigenvalue weighted by Gasteiger charge is -2.12. The first kappa shape index (κ1) is 12.3. The summed E-state index contributed by atoms with van der Waals surface area (Å²) in [6.45, 7) is 1.68. The van der Waals surface area contributed by atoms with E-state index in [1.54, 1.807) is 31.2 Å². The van der Waals surface area contributed by atoms with Gasteiger partial charge in [0, 0.05) is 0 Å². The summed E-state index contributed by atoms with van der Waals surface area (Å²) in [6.07, 6.45) is 0. The van der Waals surface area contributed by atoms with Gasteiger partial charge in [-0.3, -0.25) is 14.4 Å². The molecule has 0 N–H and O–H groups in total. The molecule has 0 aromatic heterocycles. The summed E-state index contributed by atoms with van der Waals surface area (Å²) < 4.78 is 0. The molecule has 0 saturated carbocycles. The van der Waals surface area contributed by atoms with Gasteiger partial charge in [-0.05, 0) is 19.1 Å². The van der Waals surface area contributed by atoms with Crippen LogP contribution in [-0.2, 0) is 9.68 Å². The highest BCUT2D eigenvalue weighted by molar-refractivity contribution is 6.20. The van der Waals surface area contributed by atoms with Gasteiger partial charge >= 0.3 is 0 Å². The Morgan fingerprint density at radius 2 is 1.78 bits per heavy atom. The first-order valence-corrected chi connectivity index (χ1v) is 5.32. The van der Waals surface area contributed by atoms with Gasteiger partial charge in [-0.25, -0.2) is 0 Å². The van der Waals surface area contributed by atoms with E-state index >= 15 is 0 Å². The van der Waals surface area contributed by atoms with E-state index in [4.69, 9.17) is 4.84 Å². The molecular weight excluding hydrogens is 236 g/mol. The molecule has 0 radical (unpaired) electrons. The number of nitrogens with zero attached hydrogens (tertiary/aromatic N) is 2. The lowest BCUT2D eigenvalue weighted by Crippen LogP contribution is -2.31. The molecule has 1 aliphatic heterocycles. The number of imide groups is 1. The van der Waals surface area contributed by atoms with E-state index in [9.17, 15) is 9.59 Å². The highest BCUT2D eigenvalue weighted by Gasteiger charge is 2.36. The van der Waals surface area contributed by atoms with Crippen molar-refractivity contribution in [2.24, 2.45) is 5.16 Å². The summed E-state index contributed by atoms with van der Waals surface area (Å²) in [4.78, 5) is 33.5. The van der Waals surface area contributed by atoms with Crippen LogP contribution in [0.4, 0.5) is 0 Å². The van der Waals surface area contributed by atoms with Gasteiger partial charge in [0.15, 0.2) is 0 Å². The van der Waals surface area contributed by atoms with Crippen LogP contribution in [0.3, 0.4) is 0 Å². The number of carbonyl (C=O) groups is 2. The molecule has 0 aliphatic carbocycles. The fourth-order valence-corrected chi connectivity index (χ4v) is 1.62. The Bertz CT molecular complexity index is 490. The average molecular weight is 248 g/mol. The summed E-state index contributed by atoms with van der Waals surface area (Å²) >= 11 is 0. The van der Waals surface area contributed by atoms with Crippen LogP contribution < -0.4 is 0 Å². The van der Waals surface area contributed by atoms with Gasteiger partial charge in [0.05, 0.1) is 16.8 Å². The smallest absolute Gasteiger partial charge is 0.285 e. The SMILES string of the molecule is CO/N=C(\C)CON1C(=O)c2ccccc2C1=O. The van der Waals surface area contributed by atoms with E-state index in [0.717, 1.165) is 5.06 Å². The number of hydrogen-bond acceptors (Lipinski definition) is 5. The third kappa shape index (κ3) is 2.10. The average Bonchev–Trinajstić information content (AvgIpc) is 2.61. The normalized spacial score (nSPS) is 15.0. The van der Waals surface area contributed by atoms with Crippen molar-refractivity contribution in [3.8, 4) is 0 Å². The molecule has 0 atom stereocenters.